The highest BCUT2D eigenvalue weighted by Gasteiger charge is 2.48. The molecule has 0 bridgehead atoms. The molecule has 20 nitrogen and oxygen atoms in total. The number of tetrazole rings is 1. The largest absolute Gasteiger partial charge is 0.444 e. The quantitative estimate of drug-likeness (QED) is 0.0184. The summed E-state index contributed by atoms with van der Waals surface area (Å²) in [4.78, 5) is 52.7. The Morgan fingerprint density at radius 3 is 1.40 bits per heavy atom. The summed E-state index contributed by atoms with van der Waals surface area (Å²) in [6.45, 7) is 20.8. The predicted molar refractivity (Wildman–Crippen MR) is 317 cm³/mol. The van der Waals surface area contributed by atoms with Gasteiger partial charge >= 0.3 is 30.6 Å². The topological polar surface area (TPSA) is 284 Å². The summed E-state index contributed by atoms with van der Waals surface area (Å²) in [6, 6.07) is 24.6. The lowest BCUT2D eigenvalue weighted by Gasteiger charge is -2.38. The number of rotatable bonds is 8. The molecular formula is C62H83F6N11O9. The van der Waals surface area contributed by atoms with Gasteiger partial charge in [-0.05, 0) is 153 Å². The van der Waals surface area contributed by atoms with Gasteiger partial charge in [0.05, 0.1) is 35.5 Å². The Morgan fingerprint density at radius 1 is 0.602 bits per heavy atom. The van der Waals surface area contributed by atoms with Gasteiger partial charge in [-0.1, -0.05) is 72.8 Å². The van der Waals surface area contributed by atoms with Crippen LogP contribution in [0.25, 0.3) is 11.4 Å². The molecule has 4 aromatic carbocycles. The van der Waals surface area contributed by atoms with Crippen molar-refractivity contribution in [3.05, 3.63) is 136 Å². The van der Waals surface area contributed by atoms with Crippen molar-refractivity contribution in [3.8, 4) is 11.4 Å². The second-order valence-electron chi connectivity index (χ2n) is 24.8. The Hall–Kier alpha value is -7.68. The zero-order valence-electron chi connectivity index (χ0n) is 51.4. The van der Waals surface area contributed by atoms with Crippen LogP contribution in [0.5, 0.6) is 0 Å². The molecule has 482 valence electrons. The van der Waals surface area contributed by atoms with Gasteiger partial charge in [0.25, 0.3) is 0 Å². The third-order valence-electron chi connectivity index (χ3n) is 14.0. The van der Waals surface area contributed by atoms with Gasteiger partial charge in [-0.3, -0.25) is 21.9 Å². The number of nitrogens with one attached hydrogen (secondary N) is 1. The predicted octanol–water partition coefficient (Wildman–Crippen LogP) is 10.5. The summed E-state index contributed by atoms with van der Waals surface area (Å²) in [5.74, 6) is 8.54. The van der Waals surface area contributed by atoms with E-state index in [9.17, 15) is 50.6 Å². The van der Waals surface area contributed by atoms with Crippen molar-refractivity contribution >= 4 is 29.9 Å². The zero-order valence-corrected chi connectivity index (χ0v) is 51.4. The minimum absolute atomic E-state index is 0.0486. The Morgan fingerprint density at radius 2 is 0.989 bits per heavy atom. The number of nitrogens with two attached hydrogens (primary N) is 3. The maximum Gasteiger partial charge on any atom is 0.416 e. The molecule has 5 heterocycles. The minimum Gasteiger partial charge on any atom is -0.444 e. The molecule has 0 saturated carbocycles. The molecule has 4 aliphatic rings. The van der Waals surface area contributed by atoms with Crippen molar-refractivity contribution in [2.75, 3.05) is 45.9 Å². The SMILES string of the molecule is CC(C)(C)OC(=O)N1CCC(=O)CC1.CC(C)(C)OC(=O)N1CCC(O)(Cn2nnc(-c3ccccc3Cc3ccc(C(F)(F)F)cc3)n2)CC1.CC(C)(C)OC(=O)N1CCC2(CC1)CO2.N=C(N)c1ccccc1Cc1ccc(C(F)(F)F)cc1.NN. The molecule has 88 heavy (non-hydrogen) atoms. The Balaban J connectivity index is 0.000000232. The van der Waals surface area contributed by atoms with Gasteiger partial charge in [-0.25, -0.2) is 14.4 Å². The summed E-state index contributed by atoms with van der Waals surface area (Å²) in [6.07, 6.45) is -5.28. The molecule has 0 unspecified atom stereocenters. The number of carbonyl (C=O) groups is 4. The first-order chi connectivity index (χ1) is 41.0. The van der Waals surface area contributed by atoms with Crippen molar-refractivity contribution < 1.29 is 69.6 Å². The van der Waals surface area contributed by atoms with Crippen molar-refractivity contribution in [3.63, 3.8) is 0 Å². The van der Waals surface area contributed by atoms with Crippen LogP contribution in [0.2, 0.25) is 0 Å². The summed E-state index contributed by atoms with van der Waals surface area (Å²) in [7, 11) is 0. The average molecular weight is 1240 g/mol. The van der Waals surface area contributed by atoms with E-state index < -0.39 is 52.0 Å². The van der Waals surface area contributed by atoms with Crippen LogP contribution in [-0.2, 0) is 55.5 Å². The molecule has 26 heteroatoms. The maximum absolute atomic E-state index is 12.9. The number of alkyl halides is 6. The van der Waals surface area contributed by atoms with Crippen LogP contribution < -0.4 is 17.4 Å². The molecule has 5 aromatic rings. The maximum atomic E-state index is 12.9. The smallest absolute Gasteiger partial charge is 0.416 e. The Kier molecular flexibility index (Phi) is 24.2. The number of amidine groups is 1. The van der Waals surface area contributed by atoms with Crippen LogP contribution in [0.3, 0.4) is 0 Å². The Bertz CT molecular complexity index is 3090. The molecule has 0 radical (unpaired) electrons. The lowest BCUT2D eigenvalue weighted by molar-refractivity contribution is -0.138. The fourth-order valence-corrected chi connectivity index (χ4v) is 9.24. The van der Waals surface area contributed by atoms with Gasteiger partial charge in [0, 0.05) is 63.2 Å². The second kappa shape index (κ2) is 30.0. The Labute approximate surface area is 509 Å². The van der Waals surface area contributed by atoms with Crippen molar-refractivity contribution in [1.82, 2.24) is 34.9 Å². The third kappa shape index (κ3) is 23.1. The molecule has 1 aromatic heterocycles. The molecule has 3 amide bonds. The highest BCUT2D eigenvalue weighted by atomic mass is 19.4. The molecule has 4 aliphatic heterocycles. The first kappa shape index (κ1) is 71.1. The number of hydrazine groups is 1. The van der Waals surface area contributed by atoms with Crippen molar-refractivity contribution in [2.45, 2.75) is 161 Å². The number of epoxide rings is 1. The highest BCUT2D eigenvalue weighted by Crippen LogP contribution is 2.38. The zero-order chi connectivity index (χ0) is 65.5. The first-order valence-corrected chi connectivity index (χ1v) is 28.7. The number of ketones is 1. The van der Waals surface area contributed by atoms with Gasteiger partial charge in [-0.15, -0.1) is 10.2 Å². The van der Waals surface area contributed by atoms with E-state index in [-0.39, 0.29) is 36.0 Å². The molecule has 0 atom stereocenters. The summed E-state index contributed by atoms with van der Waals surface area (Å²) < 4.78 is 97.3. The molecule has 8 N–H and O–H groups in total. The van der Waals surface area contributed by atoms with Crippen LogP contribution in [0, 0.1) is 5.41 Å². The monoisotopic (exact) mass is 1240 g/mol. The summed E-state index contributed by atoms with van der Waals surface area (Å²) >= 11 is 0. The van der Waals surface area contributed by atoms with E-state index >= 15 is 0 Å². The number of aliphatic hydroxyl groups is 1. The van der Waals surface area contributed by atoms with Gasteiger partial charge in [0.1, 0.15) is 28.4 Å². The summed E-state index contributed by atoms with van der Waals surface area (Å²) in [5.41, 5.74) is 6.14. The number of piperidine rings is 3. The number of hydrogen-bond acceptors (Lipinski definition) is 15. The fourth-order valence-electron chi connectivity index (χ4n) is 9.24. The number of amides is 3. The molecule has 9 rings (SSSR count). The number of likely N-dealkylation sites (tertiary alicyclic amines) is 3. The average Bonchev–Trinajstić information content (AvgIpc) is 2.38. The van der Waals surface area contributed by atoms with E-state index in [4.69, 9.17) is 30.1 Å². The van der Waals surface area contributed by atoms with E-state index in [2.05, 4.69) is 27.1 Å². The van der Waals surface area contributed by atoms with E-state index in [0.717, 1.165) is 79.1 Å². The van der Waals surface area contributed by atoms with Gasteiger partial charge in [-0.2, -0.15) is 31.1 Å². The number of hydrogen-bond donors (Lipinski definition) is 5. The lowest BCUT2D eigenvalue weighted by Crippen LogP contribution is -2.50. The number of nitrogens with zero attached hydrogens (tertiary/aromatic N) is 7. The van der Waals surface area contributed by atoms with Crippen LogP contribution in [0.1, 0.15) is 140 Å². The number of carbonyl (C=O) groups excluding carboxylic acids is 4. The second-order valence-corrected chi connectivity index (χ2v) is 24.8. The molecule has 1 spiro atoms. The molecule has 4 fully saturated rings. The van der Waals surface area contributed by atoms with Gasteiger partial charge in [0.15, 0.2) is 0 Å². The number of benzene rings is 4. The molecule has 4 saturated heterocycles. The van der Waals surface area contributed by atoms with E-state index in [1.807, 2.05) is 77.9 Å². The number of nitrogen functional groups attached to an aromatic ring is 1. The van der Waals surface area contributed by atoms with Gasteiger partial charge < -0.3 is 44.5 Å². The van der Waals surface area contributed by atoms with E-state index in [1.54, 1.807) is 47.6 Å². The van der Waals surface area contributed by atoms with Gasteiger partial charge in [0.2, 0.25) is 5.82 Å². The number of aromatic nitrogens is 4. The van der Waals surface area contributed by atoms with E-state index in [0.29, 0.717) is 81.7 Å². The molecule has 0 aliphatic carbocycles. The fraction of sp³-hybridized carbons (Fsp3) is 0.516. The van der Waals surface area contributed by atoms with Crippen LogP contribution >= 0.6 is 0 Å². The normalized spacial score (nSPS) is 16.4. The van der Waals surface area contributed by atoms with Crippen molar-refractivity contribution in [1.29, 1.82) is 5.41 Å². The van der Waals surface area contributed by atoms with Crippen LogP contribution in [-0.4, -0.2) is 144 Å². The van der Waals surface area contributed by atoms with Crippen molar-refractivity contribution in [2.24, 2.45) is 17.4 Å². The lowest BCUT2D eigenvalue weighted by atomic mass is 9.92. The summed E-state index contributed by atoms with van der Waals surface area (Å²) in [5, 5.41) is 31.3. The van der Waals surface area contributed by atoms with Crippen LogP contribution in [0.4, 0.5) is 40.7 Å². The number of halogens is 6. The standard InChI is InChI=1S/C26H30F3N5O3.C15H13F3N2.C11H19NO3.C10H17NO3.H4N2/c1-24(2,3)37-23(35)33-14-12-25(36,13-15-33)17-34-31-22(30-32-34)21-7-5-4-6-19(21)16-18-8-10-20(11-9-18)26(27,28)29;16-15(17,18)12-7-5-10(6-8-12)9-11-3-1-2-4-13(11)14(19)20;1-10(2,3)15-9(13)12-6-4-11(5-7-12)8-14-11;1-10(2,3)14-9(13)11-6-4-8(12)5-7-11;1-2/h4-11,36H,12-17H2,1-3H3;1-8H,9H2,(H3,19,20);4-8H2,1-3H3;4-7H2,1-3H3;1-2H2. The van der Waals surface area contributed by atoms with Crippen LogP contribution in [0.15, 0.2) is 97.1 Å². The number of Topliss-reactive ketones (excluding diaryl/α,β-unsaturated/α-hetero) is 1. The molecular weight excluding hydrogens is 1160 g/mol. The highest BCUT2D eigenvalue weighted by molar-refractivity contribution is 5.96. The number of ether oxygens (including phenoxy) is 4. The first-order valence-electron chi connectivity index (χ1n) is 28.7. The van der Waals surface area contributed by atoms with E-state index in [1.165, 1.54) is 29.1 Å². The minimum atomic E-state index is -4.38. The third-order valence-corrected chi connectivity index (χ3v) is 14.0.